The molecule has 0 spiro atoms. The number of nitrogens with one attached hydrogen (secondary N) is 1. The van der Waals surface area contributed by atoms with Gasteiger partial charge in [0.15, 0.2) is 0 Å². The molecule has 0 radical (unpaired) electrons. The molecule has 0 unspecified atom stereocenters. The third-order valence-electron chi connectivity index (χ3n) is 1.78. The van der Waals surface area contributed by atoms with Gasteiger partial charge < -0.3 is 5.32 Å². The van der Waals surface area contributed by atoms with E-state index in [1.165, 1.54) is 0 Å². The summed E-state index contributed by atoms with van der Waals surface area (Å²) in [6.07, 6.45) is 3.35. The fourth-order valence-corrected chi connectivity index (χ4v) is 1.23. The number of rotatable bonds is 3. The highest BCUT2D eigenvalue weighted by molar-refractivity contribution is 6.29. The molecule has 0 bridgehead atoms. The molecule has 2 aromatic rings. The first kappa shape index (κ1) is 9.86. The minimum Gasteiger partial charge on any atom is -0.349 e. The number of pyridine rings is 1. The standard InChI is InChI=1S/C10H9ClN4/c11-9-4-6-13-10(15-9)14-7-8-3-1-2-5-12-8/h1-6H,7H2,(H,13,14,15). The molecular weight excluding hydrogens is 212 g/mol. The molecule has 1 N–H and O–H groups in total. The molecule has 2 heterocycles. The van der Waals surface area contributed by atoms with Crippen molar-refractivity contribution in [1.82, 2.24) is 15.0 Å². The molecule has 2 rings (SSSR count). The van der Waals surface area contributed by atoms with E-state index in [0.717, 1.165) is 5.69 Å². The largest absolute Gasteiger partial charge is 0.349 e. The van der Waals surface area contributed by atoms with Crippen LogP contribution in [0.15, 0.2) is 36.7 Å². The summed E-state index contributed by atoms with van der Waals surface area (Å²) < 4.78 is 0. The molecule has 2 aromatic heterocycles. The van der Waals surface area contributed by atoms with Crippen molar-refractivity contribution in [2.75, 3.05) is 5.32 Å². The summed E-state index contributed by atoms with van der Waals surface area (Å²) in [7, 11) is 0. The zero-order chi connectivity index (χ0) is 10.5. The molecule has 0 saturated heterocycles. The van der Waals surface area contributed by atoms with Gasteiger partial charge in [0.25, 0.3) is 0 Å². The van der Waals surface area contributed by atoms with Crippen molar-refractivity contribution in [3.8, 4) is 0 Å². The van der Waals surface area contributed by atoms with Gasteiger partial charge in [-0.25, -0.2) is 9.97 Å². The van der Waals surface area contributed by atoms with Crippen molar-refractivity contribution in [1.29, 1.82) is 0 Å². The lowest BCUT2D eigenvalue weighted by atomic mass is 10.3. The lowest BCUT2D eigenvalue weighted by Crippen LogP contribution is -2.04. The van der Waals surface area contributed by atoms with Crippen molar-refractivity contribution in [3.05, 3.63) is 47.5 Å². The van der Waals surface area contributed by atoms with Crippen LogP contribution < -0.4 is 5.32 Å². The number of hydrogen-bond acceptors (Lipinski definition) is 4. The first-order valence-corrected chi connectivity index (χ1v) is 4.85. The molecule has 0 amide bonds. The third kappa shape index (κ3) is 2.89. The molecule has 76 valence electrons. The van der Waals surface area contributed by atoms with Gasteiger partial charge in [0, 0.05) is 12.4 Å². The number of nitrogens with zero attached hydrogens (tertiary/aromatic N) is 3. The summed E-state index contributed by atoms with van der Waals surface area (Å²) in [5, 5.41) is 3.46. The maximum atomic E-state index is 5.72. The molecule has 0 aliphatic carbocycles. The van der Waals surface area contributed by atoms with E-state index in [4.69, 9.17) is 11.6 Å². The highest BCUT2D eigenvalue weighted by Gasteiger charge is 1.97. The van der Waals surface area contributed by atoms with Crippen molar-refractivity contribution in [2.24, 2.45) is 0 Å². The molecule has 15 heavy (non-hydrogen) atoms. The molecule has 0 aromatic carbocycles. The normalized spacial score (nSPS) is 9.93. The quantitative estimate of drug-likeness (QED) is 0.806. The van der Waals surface area contributed by atoms with Crippen LogP contribution in [0.25, 0.3) is 0 Å². The Morgan fingerprint density at radius 1 is 1.13 bits per heavy atom. The van der Waals surface area contributed by atoms with Crippen LogP contribution in [0.5, 0.6) is 0 Å². The first-order chi connectivity index (χ1) is 7.34. The maximum absolute atomic E-state index is 5.72. The Balaban J connectivity index is 1.99. The zero-order valence-electron chi connectivity index (χ0n) is 7.89. The molecule has 4 nitrogen and oxygen atoms in total. The summed E-state index contributed by atoms with van der Waals surface area (Å²) in [6.45, 7) is 0.585. The monoisotopic (exact) mass is 220 g/mol. The molecule has 5 heteroatoms. The lowest BCUT2D eigenvalue weighted by molar-refractivity contribution is 1.00. The van der Waals surface area contributed by atoms with Crippen LogP contribution >= 0.6 is 11.6 Å². The summed E-state index contributed by atoms with van der Waals surface area (Å²) in [5.41, 5.74) is 0.932. The van der Waals surface area contributed by atoms with E-state index in [0.29, 0.717) is 17.6 Å². The minimum atomic E-state index is 0.425. The second kappa shape index (κ2) is 4.70. The molecule has 0 aliphatic heterocycles. The summed E-state index contributed by atoms with van der Waals surface area (Å²) >= 11 is 5.72. The van der Waals surface area contributed by atoms with Gasteiger partial charge in [-0.05, 0) is 18.2 Å². The predicted octanol–water partition coefficient (Wildman–Crippen LogP) is 2.14. The SMILES string of the molecule is Clc1ccnc(NCc2ccccn2)n1. The van der Waals surface area contributed by atoms with Gasteiger partial charge in [0.2, 0.25) is 5.95 Å². The van der Waals surface area contributed by atoms with Gasteiger partial charge in [-0.15, -0.1) is 0 Å². The van der Waals surface area contributed by atoms with Gasteiger partial charge >= 0.3 is 0 Å². The Kier molecular flexibility index (Phi) is 3.09. The highest BCUT2D eigenvalue weighted by atomic mass is 35.5. The fraction of sp³-hybridized carbons (Fsp3) is 0.100. The molecular formula is C10H9ClN4. The molecule has 0 fully saturated rings. The fourth-order valence-electron chi connectivity index (χ4n) is 1.09. The Labute approximate surface area is 92.4 Å². The van der Waals surface area contributed by atoms with Gasteiger partial charge in [-0.2, -0.15) is 0 Å². The van der Waals surface area contributed by atoms with Gasteiger partial charge in [0.1, 0.15) is 5.15 Å². The topological polar surface area (TPSA) is 50.7 Å². The van der Waals surface area contributed by atoms with E-state index in [1.54, 1.807) is 18.5 Å². The van der Waals surface area contributed by atoms with Crippen LogP contribution in [0.4, 0.5) is 5.95 Å². The van der Waals surface area contributed by atoms with Crippen molar-refractivity contribution >= 4 is 17.5 Å². The van der Waals surface area contributed by atoms with Crippen LogP contribution in [0, 0.1) is 0 Å². The average Bonchev–Trinajstić information content (AvgIpc) is 2.28. The van der Waals surface area contributed by atoms with Gasteiger partial charge in [-0.3, -0.25) is 4.98 Å². The minimum absolute atomic E-state index is 0.425. The molecule has 0 saturated carbocycles. The van der Waals surface area contributed by atoms with E-state index in [1.807, 2.05) is 18.2 Å². The second-order valence-corrected chi connectivity index (χ2v) is 3.26. The summed E-state index contributed by atoms with van der Waals surface area (Å²) in [6, 6.07) is 7.37. The predicted molar refractivity (Wildman–Crippen MR) is 58.6 cm³/mol. The molecule has 0 aliphatic rings. The van der Waals surface area contributed by atoms with Crippen LogP contribution in [-0.2, 0) is 6.54 Å². The van der Waals surface area contributed by atoms with Crippen LogP contribution in [0.3, 0.4) is 0 Å². The Hall–Kier alpha value is -1.68. The summed E-state index contributed by atoms with van der Waals surface area (Å²) in [5.74, 6) is 0.508. The zero-order valence-corrected chi connectivity index (χ0v) is 8.65. The van der Waals surface area contributed by atoms with Crippen LogP contribution in [0.2, 0.25) is 5.15 Å². The second-order valence-electron chi connectivity index (χ2n) is 2.88. The Bertz CT molecular complexity index is 432. The average molecular weight is 221 g/mol. The number of halogens is 1. The van der Waals surface area contributed by atoms with Crippen molar-refractivity contribution < 1.29 is 0 Å². The van der Waals surface area contributed by atoms with Crippen LogP contribution in [-0.4, -0.2) is 15.0 Å². The number of hydrogen-bond donors (Lipinski definition) is 1. The Morgan fingerprint density at radius 3 is 2.80 bits per heavy atom. The first-order valence-electron chi connectivity index (χ1n) is 4.47. The van der Waals surface area contributed by atoms with E-state index in [2.05, 4.69) is 20.3 Å². The highest BCUT2D eigenvalue weighted by Crippen LogP contribution is 2.06. The Morgan fingerprint density at radius 2 is 2.07 bits per heavy atom. The lowest BCUT2D eigenvalue weighted by Gasteiger charge is -2.03. The van der Waals surface area contributed by atoms with Gasteiger partial charge in [0.05, 0.1) is 12.2 Å². The van der Waals surface area contributed by atoms with E-state index >= 15 is 0 Å². The smallest absolute Gasteiger partial charge is 0.224 e. The van der Waals surface area contributed by atoms with Crippen LogP contribution in [0.1, 0.15) is 5.69 Å². The van der Waals surface area contributed by atoms with E-state index in [-0.39, 0.29) is 0 Å². The van der Waals surface area contributed by atoms with Crippen molar-refractivity contribution in [2.45, 2.75) is 6.54 Å². The number of aromatic nitrogens is 3. The van der Waals surface area contributed by atoms with Crippen molar-refractivity contribution in [3.63, 3.8) is 0 Å². The maximum Gasteiger partial charge on any atom is 0.224 e. The molecule has 0 atom stereocenters. The third-order valence-corrected chi connectivity index (χ3v) is 1.99. The van der Waals surface area contributed by atoms with E-state index in [9.17, 15) is 0 Å². The summed E-state index contributed by atoms with van der Waals surface area (Å²) in [4.78, 5) is 12.2. The van der Waals surface area contributed by atoms with E-state index < -0.39 is 0 Å². The van der Waals surface area contributed by atoms with Gasteiger partial charge in [-0.1, -0.05) is 17.7 Å². The number of anilines is 1.